The van der Waals surface area contributed by atoms with Crippen molar-refractivity contribution in [2.75, 3.05) is 84.4 Å². The highest BCUT2D eigenvalue weighted by Gasteiger charge is 2.37. The van der Waals surface area contributed by atoms with Gasteiger partial charge in [-0.15, -0.1) is 0 Å². The molecule has 3 heterocycles. The maximum Gasteiger partial charge on any atom is 0.260 e. The minimum absolute atomic E-state index is 0.0103. The summed E-state index contributed by atoms with van der Waals surface area (Å²) in [7, 11) is -3.52. The molecule has 3 saturated heterocycles. The second-order valence-corrected chi connectivity index (χ2v) is 13.6. The summed E-state index contributed by atoms with van der Waals surface area (Å²) in [6, 6.07) is 2.66. The van der Waals surface area contributed by atoms with Crippen LogP contribution in [0, 0.1) is 0 Å². The van der Waals surface area contributed by atoms with Crippen molar-refractivity contribution in [2.24, 2.45) is 0 Å². The number of hydrogen-bond acceptors (Lipinski definition) is 7. The van der Waals surface area contributed by atoms with Crippen LogP contribution in [0.5, 0.6) is 5.75 Å². The van der Waals surface area contributed by atoms with Crippen molar-refractivity contribution in [1.29, 1.82) is 0 Å². The predicted octanol–water partition coefficient (Wildman–Crippen LogP) is 2.13. The number of nitrogens with zero attached hydrogens (tertiary/aromatic N) is 5. The van der Waals surface area contributed by atoms with E-state index in [4.69, 9.17) is 39.5 Å². The van der Waals surface area contributed by atoms with Crippen LogP contribution in [0.15, 0.2) is 12.1 Å². The zero-order valence-electron chi connectivity index (χ0n) is 22.2. The Morgan fingerprint density at radius 2 is 1.56 bits per heavy atom. The van der Waals surface area contributed by atoms with Crippen LogP contribution in [0.3, 0.4) is 0 Å². The third kappa shape index (κ3) is 8.12. The fraction of sp³-hybridized carbons (Fsp3) is 0.680. The molecule has 0 radical (unpaired) electrons. The van der Waals surface area contributed by atoms with Gasteiger partial charge in [0.25, 0.3) is 5.91 Å². The Labute approximate surface area is 245 Å². The Hall–Kier alpha value is -1.34. The molecule has 0 aromatic heterocycles. The standard InChI is InChI=1S/C25H36Cl3N5O5S/c1-19(34)31-8-6-29(7-9-31)12-13-39(36,37)32-10-11-33(20(17-32)16-30-4-2-3-5-30)25(35)18-38-24-15-22(27)21(26)14-23(24)28/h14-15,20H,2-13,16-18H2,1H3. The fourth-order valence-corrected chi connectivity index (χ4v) is 7.42. The van der Waals surface area contributed by atoms with Gasteiger partial charge in [0.05, 0.1) is 26.9 Å². The minimum atomic E-state index is -3.52. The van der Waals surface area contributed by atoms with Crippen molar-refractivity contribution in [3.8, 4) is 5.75 Å². The molecule has 218 valence electrons. The second-order valence-electron chi connectivity index (χ2n) is 10.3. The Kier molecular flexibility index (Phi) is 10.6. The highest BCUT2D eigenvalue weighted by atomic mass is 35.5. The van der Waals surface area contributed by atoms with Crippen LogP contribution in [0.25, 0.3) is 0 Å². The molecule has 1 atom stereocenters. The summed E-state index contributed by atoms with van der Waals surface area (Å²) in [5, 5.41) is 0.820. The first-order chi connectivity index (χ1) is 18.5. The van der Waals surface area contributed by atoms with E-state index in [2.05, 4.69) is 9.80 Å². The molecular weight excluding hydrogens is 589 g/mol. The van der Waals surface area contributed by atoms with Crippen molar-refractivity contribution < 1.29 is 22.7 Å². The molecule has 0 aliphatic carbocycles. The average molecular weight is 625 g/mol. The zero-order chi connectivity index (χ0) is 28.2. The molecule has 0 bridgehead atoms. The minimum Gasteiger partial charge on any atom is -0.482 e. The van der Waals surface area contributed by atoms with Gasteiger partial charge in [0.1, 0.15) is 5.75 Å². The monoisotopic (exact) mass is 623 g/mol. The van der Waals surface area contributed by atoms with Gasteiger partial charge in [-0.3, -0.25) is 14.5 Å². The lowest BCUT2D eigenvalue weighted by Gasteiger charge is -2.42. The van der Waals surface area contributed by atoms with Crippen LogP contribution in [0.2, 0.25) is 15.1 Å². The van der Waals surface area contributed by atoms with Crippen LogP contribution in [0.1, 0.15) is 19.8 Å². The molecule has 3 aliphatic heterocycles. The van der Waals surface area contributed by atoms with Gasteiger partial charge in [0.2, 0.25) is 15.9 Å². The molecule has 3 aliphatic rings. The number of likely N-dealkylation sites (tertiary alicyclic amines) is 1. The summed E-state index contributed by atoms with van der Waals surface area (Å²) < 4.78 is 33.9. The summed E-state index contributed by atoms with van der Waals surface area (Å²) in [4.78, 5) is 32.7. The third-order valence-electron chi connectivity index (χ3n) is 7.64. The van der Waals surface area contributed by atoms with Gasteiger partial charge >= 0.3 is 0 Å². The molecule has 39 heavy (non-hydrogen) atoms. The molecule has 4 rings (SSSR count). The van der Waals surface area contributed by atoms with Gasteiger partial charge in [0, 0.05) is 71.9 Å². The molecule has 0 spiro atoms. The van der Waals surface area contributed by atoms with Crippen molar-refractivity contribution in [2.45, 2.75) is 25.8 Å². The van der Waals surface area contributed by atoms with E-state index in [1.807, 2.05) is 0 Å². The second kappa shape index (κ2) is 13.5. The van der Waals surface area contributed by atoms with Gasteiger partial charge < -0.3 is 19.4 Å². The topological polar surface area (TPSA) is 93.7 Å². The molecule has 10 nitrogen and oxygen atoms in total. The number of carbonyl (C=O) groups excluding carboxylic acids is 2. The summed E-state index contributed by atoms with van der Waals surface area (Å²) in [5.41, 5.74) is 0. The number of halogens is 3. The van der Waals surface area contributed by atoms with E-state index in [0.29, 0.717) is 44.3 Å². The molecule has 1 aromatic rings. The molecule has 2 amide bonds. The Balaban J connectivity index is 1.36. The molecule has 0 N–H and O–H groups in total. The lowest BCUT2D eigenvalue weighted by Crippen LogP contribution is -2.60. The highest BCUT2D eigenvalue weighted by Crippen LogP contribution is 2.34. The van der Waals surface area contributed by atoms with E-state index in [0.717, 1.165) is 25.9 Å². The fourth-order valence-electron chi connectivity index (χ4n) is 5.32. The number of sulfonamides is 1. The van der Waals surface area contributed by atoms with Crippen molar-refractivity contribution in [3.05, 3.63) is 27.2 Å². The van der Waals surface area contributed by atoms with Crippen LogP contribution >= 0.6 is 34.8 Å². The van der Waals surface area contributed by atoms with Crippen molar-refractivity contribution >= 4 is 56.6 Å². The van der Waals surface area contributed by atoms with E-state index in [1.165, 1.54) is 16.4 Å². The van der Waals surface area contributed by atoms with Crippen molar-refractivity contribution in [3.63, 3.8) is 0 Å². The maximum atomic E-state index is 13.3. The number of ether oxygens (including phenoxy) is 1. The smallest absolute Gasteiger partial charge is 0.260 e. The number of hydrogen-bond donors (Lipinski definition) is 0. The average Bonchev–Trinajstić information content (AvgIpc) is 3.42. The highest BCUT2D eigenvalue weighted by molar-refractivity contribution is 7.89. The SMILES string of the molecule is CC(=O)N1CCN(CCS(=O)(=O)N2CCN(C(=O)COc3cc(Cl)c(Cl)cc3Cl)C(CN3CCCC3)C2)CC1. The molecule has 3 fully saturated rings. The molecule has 0 saturated carbocycles. The molecule has 1 aromatic carbocycles. The third-order valence-corrected chi connectivity index (χ3v) is 10.5. The predicted molar refractivity (Wildman–Crippen MR) is 152 cm³/mol. The number of carbonyl (C=O) groups is 2. The van der Waals surface area contributed by atoms with Gasteiger partial charge in [-0.1, -0.05) is 34.8 Å². The first-order valence-electron chi connectivity index (χ1n) is 13.3. The van der Waals surface area contributed by atoms with Gasteiger partial charge in [-0.2, -0.15) is 4.31 Å². The largest absolute Gasteiger partial charge is 0.482 e. The Morgan fingerprint density at radius 3 is 2.23 bits per heavy atom. The summed E-state index contributed by atoms with van der Waals surface area (Å²) >= 11 is 18.2. The number of amides is 2. The first kappa shape index (κ1) is 30.6. The van der Waals surface area contributed by atoms with E-state index < -0.39 is 10.0 Å². The molecular formula is C25H36Cl3N5O5S. The van der Waals surface area contributed by atoms with Crippen LogP contribution in [-0.4, -0.2) is 135 Å². The Bertz CT molecular complexity index is 1140. The molecule has 1 unspecified atom stereocenters. The summed E-state index contributed by atoms with van der Waals surface area (Å²) in [6.45, 7) is 7.53. The van der Waals surface area contributed by atoms with Gasteiger partial charge in [-0.25, -0.2) is 8.42 Å². The van der Waals surface area contributed by atoms with E-state index in [9.17, 15) is 18.0 Å². The lowest BCUT2D eigenvalue weighted by atomic mass is 10.1. The quantitative estimate of drug-likeness (QED) is 0.389. The van der Waals surface area contributed by atoms with E-state index in [1.54, 1.807) is 16.7 Å². The zero-order valence-corrected chi connectivity index (χ0v) is 25.2. The maximum absolute atomic E-state index is 13.3. The van der Waals surface area contributed by atoms with Crippen LogP contribution < -0.4 is 4.74 Å². The van der Waals surface area contributed by atoms with Crippen molar-refractivity contribution in [1.82, 2.24) is 23.9 Å². The normalized spacial score (nSPS) is 21.9. The Morgan fingerprint density at radius 1 is 0.897 bits per heavy atom. The van der Waals surface area contributed by atoms with Gasteiger partial charge in [-0.05, 0) is 32.0 Å². The number of rotatable bonds is 9. The summed E-state index contributed by atoms with van der Waals surface area (Å²) in [5.74, 6) is 0.0860. The first-order valence-corrected chi connectivity index (χ1v) is 16.0. The number of benzene rings is 1. The van der Waals surface area contributed by atoms with Crippen LogP contribution in [0.4, 0.5) is 0 Å². The van der Waals surface area contributed by atoms with E-state index >= 15 is 0 Å². The lowest BCUT2D eigenvalue weighted by molar-refractivity contribution is -0.138. The molecule has 14 heteroatoms. The number of piperazine rings is 2. The van der Waals surface area contributed by atoms with Crippen LogP contribution in [-0.2, 0) is 19.6 Å². The van der Waals surface area contributed by atoms with E-state index in [-0.39, 0.29) is 65.6 Å². The van der Waals surface area contributed by atoms with Gasteiger partial charge in [0.15, 0.2) is 6.61 Å². The summed E-state index contributed by atoms with van der Waals surface area (Å²) in [6.07, 6.45) is 2.19.